The normalized spacial score (nSPS) is 19.4. The van der Waals surface area contributed by atoms with Crippen molar-refractivity contribution in [3.63, 3.8) is 0 Å². The van der Waals surface area contributed by atoms with Crippen LogP contribution in [0.3, 0.4) is 0 Å². The summed E-state index contributed by atoms with van der Waals surface area (Å²) in [6.45, 7) is 57.3. The molecule has 0 aromatic heterocycles. The highest BCUT2D eigenvalue weighted by Gasteiger charge is 2.44. The molecule has 18 atom stereocenters. The SMILES string of the molecule is CCC(C)O.CCC(C)OCCC(O)CO.CCC(C)OCCC(O)CSCCC[Si](OC)(OC)OC.CCC(C)OCCCC(=O)OCC(O)OCCC[Si](OC)(OC)OC.CCC(C)OCCCCO.CCC(C)OCCO.CCC(C)OCCOCC1(C)COC1.CCC(C)OCCOCC1CCC2OC2C1.CCC(C)OCCOCC1CO1.CCC(C)OCCOCC1COC(=O)O1. The molecule has 4 saturated heterocycles. The van der Waals surface area contributed by atoms with E-state index in [2.05, 4.69) is 94.7 Å². The Kier molecular flexibility index (Phi) is 105. The number of epoxide rings is 2. The van der Waals surface area contributed by atoms with Gasteiger partial charge in [-0.25, -0.2) is 4.79 Å². The summed E-state index contributed by atoms with van der Waals surface area (Å²) in [7, 11) is 4.49. The van der Waals surface area contributed by atoms with Crippen LogP contribution in [0.4, 0.5) is 4.79 Å². The van der Waals surface area contributed by atoms with Crippen LogP contribution in [0.2, 0.25) is 12.1 Å². The number of hydrogen-bond donors (Lipinski definition) is 7. The lowest BCUT2D eigenvalue weighted by atomic mass is 9.90. The van der Waals surface area contributed by atoms with Crippen molar-refractivity contribution >= 4 is 41.5 Å². The average Bonchev–Trinajstić information content (AvgIpc) is 1.66. The van der Waals surface area contributed by atoms with E-state index >= 15 is 0 Å². The summed E-state index contributed by atoms with van der Waals surface area (Å²) in [6.07, 6.45) is 20.4. The van der Waals surface area contributed by atoms with Crippen LogP contribution < -0.4 is 0 Å². The fourth-order valence-electron chi connectivity index (χ4n) is 10.8. The van der Waals surface area contributed by atoms with E-state index in [1.807, 2.05) is 48.5 Å². The van der Waals surface area contributed by atoms with Crippen molar-refractivity contribution in [3.8, 4) is 0 Å². The Bertz CT molecular complexity index is 2450. The second-order valence-corrected chi connectivity index (χ2v) is 42.3. The summed E-state index contributed by atoms with van der Waals surface area (Å²) in [5.74, 6) is 2.05. The first-order chi connectivity index (χ1) is 65.5. The van der Waals surface area contributed by atoms with Crippen molar-refractivity contribution in [3.05, 3.63) is 0 Å². The number of carbonyl (C=O) groups excluding carboxylic acids is 2. The number of fused-ring (bicyclic) bond motifs is 1. The third kappa shape index (κ3) is 95.0. The first-order valence-corrected chi connectivity index (χ1v) is 56.3. The lowest BCUT2D eigenvalue weighted by molar-refractivity contribution is -0.166. The van der Waals surface area contributed by atoms with Crippen molar-refractivity contribution < 1.29 is 167 Å². The third-order valence-corrected chi connectivity index (χ3v) is 29.2. The Hall–Kier alpha value is -1.68. The molecule has 7 N–H and O–H groups in total. The molecule has 0 amide bonds. The summed E-state index contributed by atoms with van der Waals surface area (Å²) in [5, 5.41) is 62.0. The van der Waals surface area contributed by atoms with Gasteiger partial charge in [-0.1, -0.05) is 76.2 Å². The van der Waals surface area contributed by atoms with E-state index < -0.39 is 36.2 Å². The zero-order valence-electron chi connectivity index (χ0n) is 90.9. The average molecular weight is 2050 g/mol. The second kappa shape index (κ2) is 100. The number of aliphatic hydroxyl groups is 7. The van der Waals surface area contributed by atoms with Gasteiger partial charge in [0.05, 0.1) is 198 Å². The molecule has 1 saturated carbocycles. The minimum atomic E-state index is -2.61. The zero-order valence-corrected chi connectivity index (χ0v) is 93.7. The van der Waals surface area contributed by atoms with E-state index in [4.69, 9.17) is 142 Å². The lowest BCUT2D eigenvalue weighted by Crippen LogP contribution is -2.43. The van der Waals surface area contributed by atoms with Crippen molar-refractivity contribution in [2.24, 2.45) is 11.3 Å². The van der Waals surface area contributed by atoms with Gasteiger partial charge < -0.3 is 157 Å². The fraction of sp³-hybridized carbons (Fsp3) is 0.980. The number of esters is 1. The van der Waals surface area contributed by atoms with Crippen molar-refractivity contribution in [2.45, 2.75) is 396 Å². The van der Waals surface area contributed by atoms with E-state index in [0.29, 0.717) is 159 Å². The first-order valence-electron chi connectivity index (χ1n) is 51.3. The number of ether oxygens (including phenoxy) is 20. The summed E-state index contributed by atoms with van der Waals surface area (Å²) in [6, 6.07) is 1.37. The fourth-order valence-corrected chi connectivity index (χ4v) is 15.5. The molecule has 5 fully saturated rings. The molecule has 5 rings (SSSR count). The number of cyclic esters (lactones) is 2. The zero-order chi connectivity index (χ0) is 104. The van der Waals surface area contributed by atoms with Crippen molar-refractivity contribution in [2.75, 3.05) is 226 Å². The van der Waals surface area contributed by atoms with Crippen molar-refractivity contribution in [1.82, 2.24) is 0 Å². The summed E-state index contributed by atoms with van der Waals surface area (Å²) >= 11 is 1.75. The third-order valence-electron chi connectivity index (χ3n) is 22.3. The number of carbonyl (C=O) groups is 2. The number of hydrogen-bond acceptors (Lipinski definition) is 36. The highest BCUT2D eigenvalue weighted by Crippen LogP contribution is 2.39. The van der Waals surface area contributed by atoms with Gasteiger partial charge in [-0.15, -0.1) is 0 Å². The van der Waals surface area contributed by atoms with Gasteiger partial charge in [-0.2, -0.15) is 11.8 Å². The van der Waals surface area contributed by atoms with Gasteiger partial charge in [0.25, 0.3) is 0 Å². The predicted molar refractivity (Wildman–Crippen MR) is 541 cm³/mol. The molecule has 0 bridgehead atoms. The number of thioether (sulfide) groups is 1. The molecule has 4 heterocycles. The molecule has 137 heavy (non-hydrogen) atoms. The maximum absolute atomic E-state index is 11.6. The molecular formula is C99H208O35SSi2. The van der Waals surface area contributed by atoms with Gasteiger partial charge in [0.15, 0.2) is 12.4 Å². The van der Waals surface area contributed by atoms with Crippen LogP contribution in [0, 0.1) is 11.3 Å². The monoisotopic (exact) mass is 2050 g/mol. The molecule has 1 aliphatic carbocycles. The van der Waals surface area contributed by atoms with Crippen LogP contribution in [0.1, 0.15) is 280 Å². The van der Waals surface area contributed by atoms with E-state index in [1.54, 1.807) is 61.3 Å². The Labute approximate surface area is 837 Å². The largest absolute Gasteiger partial charge is 0.508 e. The maximum Gasteiger partial charge on any atom is 0.508 e. The van der Waals surface area contributed by atoms with Gasteiger partial charge in [0, 0.05) is 119 Å². The Morgan fingerprint density at radius 3 is 1.21 bits per heavy atom. The smallest absolute Gasteiger partial charge is 0.460 e. The molecule has 5 aliphatic rings. The van der Waals surface area contributed by atoms with Crippen LogP contribution in [-0.2, 0) is 126 Å². The van der Waals surface area contributed by atoms with Gasteiger partial charge in [-0.3, -0.25) is 4.79 Å². The van der Waals surface area contributed by atoms with Crippen LogP contribution in [0.25, 0.3) is 0 Å². The second-order valence-electron chi connectivity index (χ2n) is 35.0. The number of unbranched alkanes of at least 4 members (excludes halogenated alkanes) is 1. The quantitative estimate of drug-likeness (QED) is 0.00977. The minimum absolute atomic E-state index is 0.116. The number of rotatable bonds is 75. The highest BCUT2D eigenvalue weighted by molar-refractivity contribution is 7.99. The van der Waals surface area contributed by atoms with Gasteiger partial charge in [0.2, 0.25) is 0 Å². The Morgan fingerprint density at radius 1 is 0.438 bits per heavy atom. The molecule has 828 valence electrons. The van der Waals surface area contributed by atoms with Crippen LogP contribution in [0.15, 0.2) is 0 Å². The Morgan fingerprint density at radius 2 is 0.832 bits per heavy atom. The molecule has 0 radical (unpaired) electrons. The molecule has 4 aliphatic heterocycles. The minimum Gasteiger partial charge on any atom is -0.460 e. The van der Waals surface area contributed by atoms with Gasteiger partial charge >= 0.3 is 29.7 Å². The maximum atomic E-state index is 11.6. The van der Waals surface area contributed by atoms with Gasteiger partial charge in [-0.05, 0) is 209 Å². The first kappa shape index (κ1) is 144. The molecule has 18 unspecified atom stereocenters. The summed E-state index contributed by atoms with van der Waals surface area (Å²) in [4.78, 5) is 22.1. The molecule has 0 aromatic carbocycles. The predicted octanol–water partition coefficient (Wildman–Crippen LogP) is 14.8. The molecule has 38 heteroatoms. The summed E-state index contributed by atoms with van der Waals surface area (Å²) < 4.78 is 138. The lowest BCUT2D eigenvalue weighted by Gasteiger charge is -2.37. The molecule has 35 nitrogen and oxygen atoms in total. The highest BCUT2D eigenvalue weighted by atomic mass is 32.2. The molecule has 0 spiro atoms. The Balaban J connectivity index is -0.000000482. The number of aliphatic hydroxyl groups excluding tert-OH is 7. The summed E-state index contributed by atoms with van der Waals surface area (Å²) in [5.41, 5.74) is 0.260. The van der Waals surface area contributed by atoms with E-state index in [0.717, 1.165) is 160 Å². The standard InChI is InChI=1S/C16H34O8Si.C14H32O5SSi.C13H24O3.C11H22O3.C10H18O5.C9H18O3.C8H18O3.C8H18O2.C6H14O2.C4H10O/c1-6-14(2)22-10-7-9-15(17)24-13-16(18)23-11-8-12-25(19-3,20-4)21-5;1-6-13(2)19-9-8-14(15)12-20-10-7-11-21(16-3,17-4)18-5;1-3-10(2)15-7-6-14-9-11-4-5-12-13(8-11)16-12;1-4-10(2)14-6-5-12-7-11(3)8-13-9-11;1-3-8(2)13-5-4-12-6-9-7-14-10(11)15-9;1-3-8(2)11-5-4-10-6-9-7-12-9;1-3-7(2)11-5-4-8(10)6-9;1-3-8(2)10-7-5-4-6-9;1-3-6(2)8-5-4-7;1-3-4(2)5/h14,16,18H,6-13H2,1-5H3;13-15H,6-12H2,1-5H3;10-13H,3-9H2,1-2H3;10H,4-9H2,1-3H3;8-9H,3-7H2,1-2H3;8-9H,3-7H2,1-2H3;7-10H,3-6H2,1-2H3;8-9H,3-7H2,1-2H3;6-7H,3-5H2,1-2H3;4-5H,3H2,1-2H3. The molecular weight excluding hydrogens is 1840 g/mol. The van der Waals surface area contributed by atoms with E-state index in [1.165, 1.54) is 19.3 Å². The van der Waals surface area contributed by atoms with Crippen molar-refractivity contribution in [1.29, 1.82) is 0 Å². The van der Waals surface area contributed by atoms with E-state index in [9.17, 15) is 19.8 Å². The topological polar surface area (TPSA) is 422 Å². The van der Waals surface area contributed by atoms with Crippen LogP contribution >= 0.6 is 11.8 Å². The van der Waals surface area contributed by atoms with Gasteiger partial charge in [0.1, 0.15) is 19.3 Å². The molecule has 0 aromatic rings. The van der Waals surface area contributed by atoms with E-state index in [-0.39, 0.29) is 100 Å². The van der Waals surface area contributed by atoms with Crippen LogP contribution in [-0.4, -0.2) is 395 Å². The van der Waals surface area contributed by atoms with Crippen LogP contribution in [0.5, 0.6) is 0 Å².